The first kappa shape index (κ1) is 12.1. The van der Waals surface area contributed by atoms with E-state index in [-0.39, 0.29) is 0 Å². The van der Waals surface area contributed by atoms with E-state index in [2.05, 4.69) is 4.98 Å². The molecule has 5 heteroatoms. The molecule has 3 N–H and O–H groups in total. The summed E-state index contributed by atoms with van der Waals surface area (Å²) >= 11 is 1.57. The second-order valence-corrected chi connectivity index (χ2v) is 4.85. The highest BCUT2D eigenvalue weighted by Crippen LogP contribution is 2.20. The van der Waals surface area contributed by atoms with Crippen molar-refractivity contribution in [3.05, 3.63) is 15.6 Å². The van der Waals surface area contributed by atoms with Gasteiger partial charge in [0.1, 0.15) is 0 Å². The van der Waals surface area contributed by atoms with Crippen LogP contribution in [-0.2, 0) is 11.2 Å². The number of hydrogen-bond donors (Lipinski definition) is 2. The van der Waals surface area contributed by atoms with Crippen molar-refractivity contribution < 1.29 is 9.90 Å². The average molecular weight is 228 g/mol. The number of aliphatic carboxylic acids is 1. The van der Waals surface area contributed by atoms with Crippen LogP contribution in [0.25, 0.3) is 0 Å². The van der Waals surface area contributed by atoms with E-state index in [1.54, 1.807) is 11.3 Å². The molecule has 0 amide bonds. The van der Waals surface area contributed by atoms with Gasteiger partial charge in [-0.05, 0) is 26.8 Å². The number of rotatable bonds is 5. The highest BCUT2D eigenvalue weighted by molar-refractivity contribution is 7.11. The molecule has 1 rings (SSSR count). The number of aryl methyl sites for hydroxylation is 2. The van der Waals surface area contributed by atoms with E-state index in [1.807, 2.05) is 13.8 Å². The van der Waals surface area contributed by atoms with E-state index in [1.165, 1.54) is 0 Å². The van der Waals surface area contributed by atoms with E-state index < -0.39 is 11.9 Å². The largest absolute Gasteiger partial charge is 0.481 e. The molecule has 0 aromatic carbocycles. The van der Waals surface area contributed by atoms with Gasteiger partial charge in [-0.2, -0.15) is 0 Å². The number of thiazole rings is 1. The zero-order valence-corrected chi connectivity index (χ0v) is 9.80. The van der Waals surface area contributed by atoms with Crippen LogP contribution in [0.3, 0.4) is 0 Å². The van der Waals surface area contributed by atoms with Gasteiger partial charge in [-0.25, -0.2) is 4.98 Å². The Hall–Kier alpha value is -0.940. The summed E-state index contributed by atoms with van der Waals surface area (Å²) in [5.41, 5.74) is 6.37. The molecule has 0 spiro atoms. The molecule has 0 saturated carbocycles. The summed E-state index contributed by atoms with van der Waals surface area (Å²) in [6, 6.07) is 0. The maximum Gasteiger partial charge on any atom is 0.306 e. The fourth-order valence-electron chi connectivity index (χ4n) is 1.35. The van der Waals surface area contributed by atoms with Crippen molar-refractivity contribution in [3.8, 4) is 0 Å². The highest BCUT2D eigenvalue weighted by Gasteiger charge is 2.19. The smallest absolute Gasteiger partial charge is 0.306 e. The number of hydrogen-bond acceptors (Lipinski definition) is 4. The van der Waals surface area contributed by atoms with Crippen molar-refractivity contribution in [1.29, 1.82) is 0 Å². The minimum Gasteiger partial charge on any atom is -0.481 e. The normalized spacial score (nSPS) is 12.7. The fraction of sp³-hybridized carbons (Fsp3) is 0.600. The van der Waals surface area contributed by atoms with Crippen molar-refractivity contribution in [3.63, 3.8) is 0 Å². The van der Waals surface area contributed by atoms with Gasteiger partial charge in [0.2, 0.25) is 0 Å². The van der Waals surface area contributed by atoms with Crippen LogP contribution in [0, 0.1) is 19.8 Å². The van der Waals surface area contributed by atoms with Crippen LogP contribution in [-0.4, -0.2) is 22.6 Å². The fourth-order valence-corrected chi connectivity index (χ4v) is 2.37. The summed E-state index contributed by atoms with van der Waals surface area (Å²) in [6.07, 6.45) is 0.999. The lowest BCUT2D eigenvalue weighted by atomic mass is 10.0. The molecular weight excluding hydrogens is 212 g/mol. The third-order valence-electron chi connectivity index (χ3n) is 2.36. The van der Waals surface area contributed by atoms with Gasteiger partial charge in [0.15, 0.2) is 0 Å². The zero-order chi connectivity index (χ0) is 11.4. The van der Waals surface area contributed by atoms with Gasteiger partial charge >= 0.3 is 5.97 Å². The van der Waals surface area contributed by atoms with Crippen molar-refractivity contribution in [2.45, 2.75) is 26.7 Å². The van der Waals surface area contributed by atoms with Gasteiger partial charge in [-0.15, -0.1) is 11.3 Å². The van der Waals surface area contributed by atoms with Crippen molar-refractivity contribution in [1.82, 2.24) is 4.98 Å². The molecule has 1 atom stereocenters. The monoisotopic (exact) mass is 228 g/mol. The van der Waals surface area contributed by atoms with Gasteiger partial charge in [0.05, 0.1) is 16.6 Å². The van der Waals surface area contributed by atoms with Crippen LogP contribution in [0.15, 0.2) is 0 Å². The van der Waals surface area contributed by atoms with Gasteiger partial charge in [0.25, 0.3) is 0 Å². The van der Waals surface area contributed by atoms with Crippen LogP contribution in [0.2, 0.25) is 0 Å². The summed E-state index contributed by atoms with van der Waals surface area (Å²) in [5.74, 6) is -1.19. The number of carbonyl (C=O) groups is 1. The molecule has 4 nitrogen and oxygen atoms in total. The summed E-state index contributed by atoms with van der Waals surface area (Å²) < 4.78 is 0. The molecule has 0 fully saturated rings. The van der Waals surface area contributed by atoms with E-state index in [9.17, 15) is 4.79 Å². The summed E-state index contributed by atoms with van der Waals surface area (Å²) in [5, 5.41) is 9.86. The van der Waals surface area contributed by atoms with Crippen LogP contribution in [0.4, 0.5) is 0 Å². The van der Waals surface area contributed by atoms with Crippen LogP contribution in [0.1, 0.15) is 22.0 Å². The summed E-state index contributed by atoms with van der Waals surface area (Å²) in [4.78, 5) is 16.4. The molecule has 0 bridgehead atoms. The number of nitrogens with zero attached hydrogens (tertiary/aromatic N) is 1. The van der Waals surface area contributed by atoms with Crippen LogP contribution in [0.5, 0.6) is 0 Å². The minimum absolute atomic E-state index is 0.403. The molecule has 0 aliphatic carbocycles. The molecule has 1 aromatic heterocycles. The second kappa shape index (κ2) is 5.23. The highest BCUT2D eigenvalue weighted by atomic mass is 32.1. The van der Waals surface area contributed by atoms with Crippen LogP contribution >= 0.6 is 11.3 Å². The number of aromatic nitrogens is 1. The average Bonchev–Trinajstić information content (AvgIpc) is 2.45. The number of carboxylic acids is 1. The van der Waals surface area contributed by atoms with E-state index in [0.717, 1.165) is 15.6 Å². The Balaban J connectivity index is 2.69. The van der Waals surface area contributed by atoms with E-state index in [4.69, 9.17) is 10.8 Å². The molecule has 0 aliphatic rings. The van der Waals surface area contributed by atoms with E-state index >= 15 is 0 Å². The number of nitrogens with two attached hydrogens (primary N) is 1. The van der Waals surface area contributed by atoms with Crippen LogP contribution < -0.4 is 5.73 Å². The topological polar surface area (TPSA) is 76.2 Å². The lowest BCUT2D eigenvalue weighted by Crippen LogP contribution is -2.20. The molecular formula is C10H16N2O2S. The van der Waals surface area contributed by atoms with Gasteiger partial charge in [-0.1, -0.05) is 0 Å². The third-order valence-corrected chi connectivity index (χ3v) is 3.45. The Labute approximate surface area is 93.1 Å². The number of carboxylic acid groups (broad SMARTS) is 1. The molecule has 84 valence electrons. The molecule has 1 unspecified atom stereocenters. The maximum absolute atomic E-state index is 10.9. The lowest BCUT2D eigenvalue weighted by molar-refractivity contribution is -0.141. The molecule has 1 aromatic rings. The minimum atomic E-state index is -0.786. The Morgan fingerprint density at radius 1 is 1.60 bits per heavy atom. The standard InChI is InChI=1S/C10H16N2O2S/c1-6-7(2)15-9(12-6)5-8(3-4-11)10(13)14/h8H,3-5,11H2,1-2H3,(H,13,14). The molecule has 15 heavy (non-hydrogen) atoms. The molecule has 0 radical (unpaired) electrons. The third kappa shape index (κ3) is 3.28. The Kier molecular flexibility index (Phi) is 4.23. The van der Waals surface area contributed by atoms with Crippen molar-refractivity contribution in [2.75, 3.05) is 6.54 Å². The van der Waals surface area contributed by atoms with Gasteiger partial charge in [-0.3, -0.25) is 4.79 Å². The van der Waals surface area contributed by atoms with Crippen molar-refractivity contribution in [2.24, 2.45) is 11.7 Å². The van der Waals surface area contributed by atoms with Gasteiger partial charge in [0, 0.05) is 11.3 Å². The first-order chi connectivity index (χ1) is 7.04. The second-order valence-electron chi connectivity index (χ2n) is 3.57. The predicted octanol–water partition coefficient (Wildman–Crippen LogP) is 1.35. The Bertz CT molecular complexity index is 330. The lowest BCUT2D eigenvalue weighted by Gasteiger charge is -2.08. The zero-order valence-electron chi connectivity index (χ0n) is 8.99. The Morgan fingerprint density at radius 3 is 2.67 bits per heavy atom. The SMILES string of the molecule is Cc1nc(CC(CCN)C(=O)O)sc1C. The Morgan fingerprint density at radius 2 is 2.27 bits per heavy atom. The maximum atomic E-state index is 10.9. The first-order valence-corrected chi connectivity index (χ1v) is 5.72. The predicted molar refractivity (Wildman–Crippen MR) is 60.1 cm³/mol. The van der Waals surface area contributed by atoms with Gasteiger partial charge < -0.3 is 10.8 Å². The molecule has 1 heterocycles. The summed E-state index contributed by atoms with van der Waals surface area (Å²) in [6.45, 7) is 4.34. The first-order valence-electron chi connectivity index (χ1n) is 4.90. The van der Waals surface area contributed by atoms with E-state index in [0.29, 0.717) is 19.4 Å². The van der Waals surface area contributed by atoms with Crippen molar-refractivity contribution >= 4 is 17.3 Å². The summed E-state index contributed by atoms with van der Waals surface area (Å²) in [7, 11) is 0. The molecule has 0 saturated heterocycles. The molecule has 0 aliphatic heterocycles. The quantitative estimate of drug-likeness (QED) is 0.797.